The van der Waals surface area contributed by atoms with Crippen molar-refractivity contribution in [3.63, 3.8) is 0 Å². The van der Waals surface area contributed by atoms with Gasteiger partial charge in [-0.05, 0) is 18.6 Å². The van der Waals surface area contributed by atoms with Gasteiger partial charge in [-0.2, -0.15) is 0 Å². The van der Waals surface area contributed by atoms with Crippen LogP contribution in [0.1, 0.15) is 6.92 Å². The molecule has 0 saturated carbocycles. The van der Waals surface area contributed by atoms with Gasteiger partial charge in [0, 0.05) is 5.75 Å². The number of amides is 3. The van der Waals surface area contributed by atoms with Gasteiger partial charge in [-0.15, -0.1) is 11.8 Å². The minimum absolute atomic E-state index is 0.0670. The molecule has 0 aromatic carbocycles. The maximum Gasteiger partial charge on any atom is 0.352 e. The van der Waals surface area contributed by atoms with Gasteiger partial charge < -0.3 is 20.6 Å². The van der Waals surface area contributed by atoms with Gasteiger partial charge in [0.05, 0.1) is 25.5 Å². The molecule has 11 heteroatoms. The molecule has 154 valence electrons. The van der Waals surface area contributed by atoms with E-state index < -0.39 is 34.0 Å². The number of fused-ring (bicyclic) bond motifs is 1. The number of rotatable bonds is 8. The van der Waals surface area contributed by atoms with E-state index in [0.717, 1.165) is 0 Å². The maximum absolute atomic E-state index is 12.5. The fourth-order valence-corrected chi connectivity index (χ4v) is 4.46. The summed E-state index contributed by atoms with van der Waals surface area (Å²) in [6, 6.07) is -0.733. The van der Waals surface area contributed by atoms with E-state index in [1.54, 1.807) is 19.1 Å². The second-order valence-electron chi connectivity index (χ2n) is 7.34. The molecule has 0 aromatic rings. The van der Waals surface area contributed by atoms with Gasteiger partial charge in [0.2, 0.25) is 5.91 Å². The number of carboxylic acid groups (broad SMARTS) is 1. The fourth-order valence-electron chi connectivity index (χ4n) is 3.01. The van der Waals surface area contributed by atoms with Gasteiger partial charge in [-0.1, -0.05) is 22.0 Å². The Kier molecular flexibility index (Phi) is 6.94. The number of alkyl halides is 1. The zero-order valence-electron chi connectivity index (χ0n) is 15.8. The molecule has 1 fully saturated rings. The van der Waals surface area contributed by atoms with E-state index in [4.69, 9.17) is 5.73 Å². The minimum Gasteiger partial charge on any atom is -0.477 e. The van der Waals surface area contributed by atoms with Crippen molar-refractivity contribution < 1.29 is 28.8 Å². The smallest absolute Gasteiger partial charge is 0.352 e. The number of β-lactam (4-membered cyclic amide) rings is 1. The predicted molar refractivity (Wildman–Crippen MR) is 108 cm³/mol. The molecule has 0 bridgehead atoms. The molecule has 4 N–H and O–H groups in total. The van der Waals surface area contributed by atoms with Crippen LogP contribution in [0.3, 0.4) is 0 Å². The first-order valence-corrected chi connectivity index (χ1v) is 10.5. The van der Waals surface area contributed by atoms with E-state index >= 15 is 0 Å². The van der Waals surface area contributed by atoms with Gasteiger partial charge in [-0.25, -0.2) is 4.79 Å². The van der Waals surface area contributed by atoms with Crippen LogP contribution in [0, 0.1) is 0 Å². The predicted octanol–water partition coefficient (Wildman–Crippen LogP) is -0.374. The van der Waals surface area contributed by atoms with Crippen LogP contribution in [-0.2, 0) is 19.2 Å². The Morgan fingerprint density at radius 1 is 1.46 bits per heavy atom. The number of nitrogens with zero attached hydrogens (tertiary/aromatic N) is 2. The Bertz CT molecular complexity index is 765. The van der Waals surface area contributed by atoms with Crippen LogP contribution in [0.25, 0.3) is 0 Å². The monoisotopic (exact) mass is 475 g/mol. The van der Waals surface area contributed by atoms with Gasteiger partial charge in [0.25, 0.3) is 11.8 Å². The molecule has 0 unspecified atom stereocenters. The quantitative estimate of drug-likeness (QED) is 0.249. The third-order valence-corrected chi connectivity index (χ3v) is 6.08. The summed E-state index contributed by atoms with van der Waals surface area (Å²) in [5.41, 5.74) is 5.68. The molecule has 0 aliphatic carbocycles. The zero-order valence-corrected chi connectivity index (χ0v) is 18.2. The van der Waals surface area contributed by atoms with Crippen molar-refractivity contribution in [3.8, 4) is 0 Å². The van der Waals surface area contributed by atoms with Crippen molar-refractivity contribution in [2.45, 2.75) is 23.2 Å². The Balaban J connectivity index is 2.16. The molecule has 2 aliphatic heterocycles. The highest BCUT2D eigenvalue weighted by atomic mass is 79.9. The molecule has 9 nitrogen and oxygen atoms in total. The lowest BCUT2D eigenvalue weighted by Gasteiger charge is -2.49. The second kappa shape index (κ2) is 8.66. The highest BCUT2D eigenvalue weighted by molar-refractivity contribution is 9.10. The molecule has 28 heavy (non-hydrogen) atoms. The number of nitrogens with one attached hydrogen (secondary N) is 1. The number of hydrogen-bond donors (Lipinski definition) is 3. The number of aliphatic carboxylic acids is 1. The van der Waals surface area contributed by atoms with Crippen LogP contribution in [0.15, 0.2) is 23.4 Å². The summed E-state index contributed by atoms with van der Waals surface area (Å²) >= 11 is 4.55. The van der Waals surface area contributed by atoms with Crippen LogP contribution in [0.5, 0.6) is 0 Å². The number of nitrogens with two attached hydrogens (primary N) is 1. The average molecular weight is 476 g/mol. The summed E-state index contributed by atoms with van der Waals surface area (Å²) in [5, 5.41) is 11.8. The SMILES string of the molecule is C[C@@H](Br)C(=O)N[C@@H]1C(=O)N2C(C(=O)O)=C(C=CC[N+](C)(C)CC(N)=O)CS[C@H]12. The number of carbonyl (C=O) groups excluding carboxylic acids is 3. The number of thioether (sulfide) groups is 1. The molecule has 1 saturated heterocycles. The summed E-state index contributed by atoms with van der Waals surface area (Å²) in [4.78, 5) is 48.0. The largest absolute Gasteiger partial charge is 0.477 e. The number of allylic oxidation sites excluding steroid dienone is 1. The average Bonchev–Trinajstić information content (AvgIpc) is 2.57. The molecule has 0 radical (unpaired) electrons. The highest BCUT2D eigenvalue weighted by Gasteiger charge is 2.54. The van der Waals surface area contributed by atoms with Crippen molar-refractivity contribution in [2.24, 2.45) is 5.73 Å². The second-order valence-corrected chi connectivity index (χ2v) is 9.81. The molecule has 2 heterocycles. The number of carbonyl (C=O) groups is 4. The number of likely N-dealkylation sites (N-methyl/N-ethyl adjacent to an activating group) is 1. The van der Waals surface area contributed by atoms with E-state index in [1.165, 1.54) is 16.7 Å². The minimum atomic E-state index is -1.19. The first-order chi connectivity index (χ1) is 12.9. The lowest BCUT2D eigenvalue weighted by atomic mass is 10.0. The first-order valence-electron chi connectivity index (χ1n) is 8.57. The van der Waals surface area contributed by atoms with E-state index in [0.29, 0.717) is 22.4 Å². The van der Waals surface area contributed by atoms with E-state index in [9.17, 15) is 24.3 Å². The lowest BCUT2D eigenvalue weighted by molar-refractivity contribution is -0.876. The maximum atomic E-state index is 12.5. The topological polar surface area (TPSA) is 130 Å². The summed E-state index contributed by atoms with van der Waals surface area (Å²) in [6.07, 6.45) is 3.45. The molecular weight excluding hydrogens is 452 g/mol. The number of quaternary nitrogens is 1. The number of hydrogen-bond acceptors (Lipinski definition) is 5. The van der Waals surface area contributed by atoms with Crippen LogP contribution < -0.4 is 11.1 Å². The number of primary amides is 1. The van der Waals surface area contributed by atoms with Crippen molar-refractivity contribution >= 4 is 51.4 Å². The lowest BCUT2D eigenvalue weighted by Crippen LogP contribution is -2.70. The van der Waals surface area contributed by atoms with Crippen LogP contribution in [-0.4, -0.2) is 87.4 Å². The molecule has 3 atom stereocenters. The van der Waals surface area contributed by atoms with Gasteiger partial charge >= 0.3 is 5.97 Å². The van der Waals surface area contributed by atoms with Crippen LogP contribution in [0.2, 0.25) is 0 Å². The molecule has 3 amide bonds. The van der Waals surface area contributed by atoms with E-state index in [1.807, 2.05) is 14.1 Å². The van der Waals surface area contributed by atoms with E-state index in [2.05, 4.69) is 21.2 Å². The van der Waals surface area contributed by atoms with Crippen molar-refractivity contribution in [2.75, 3.05) is 32.9 Å². The normalized spacial score (nSPS) is 23.3. The van der Waals surface area contributed by atoms with Crippen LogP contribution >= 0.6 is 27.7 Å². The van der Waals surface area contributed by atoms with Crippen molar-refractivity contribution in [1.82, 2.24) is 10.2 Å². The van der Waals surface area contributed by atoms with Gasteiger partial charge in [0.15, 0.2) is 6.54 Å². The Labute approximate surface area is 175 Å². The third kappa shape index (κ3) is 4.95. The molecule has 2 aliphatic rings. The summed E-state index contributed by atoms with van der Waals surface area (Å²) in [7, 11) is 3.68. The fraction of sp³-hybridized carbons (Fsp3) is 0.529. The van der Waals surface area contributed by atoms with Gasteiger partial charge in [-0.3, -0.25) is 19.3 Å². The number of carboxylic acids is 1. The van der Waals surface area contributed by atoms with Crippen molar-refractivity contribution in [3.05, 3.63) is 23.4 Å². The highest BCUT2D eigenvalue weighted by Crippen LogP contribution is 2.40. The third-order valence-electron chi connectivity index (χ3n) is 4.36. The van der Waals surface area contributed by atoms with Crippen molar-refractivity contribution in [1.29, 1.82) is 0 Å². The molecule has 2 rings (SSSR count). The standard InChI is InChI=1S/C17H23BrN4O5S/c1-9(18)14(24)20-12-15(25)21-13(17(26)27)10(8-28-16(12)21)5-4-6-22(2,3)7-11(19)23/h4-5,9,12,16H,6-8H2,1-3H3,(H3-,19,20,23,24,26,27)/p+1/t9-,12-,16-/m1/s1. The summed E-state index contributed by atoms with van der Waals surface area (Å²) in [6.45, 7) is 2.28. The summed E-state index contributed by atoms with van der Waals surface area (Å²) in [5.74, 6) is -1.97. The Hall–Kier alpha value is -1.85. The molecule has 0 spiro atoms. The summed E-state index contributed by atoms with van der Waals surface area (Å²) < 4.78 is 0.332. The first kappa shape index (κ1) is 22.4. The van der Waals surface area contributed by atoms with Crippen LogP contribution in [0.4, 0.5) is 0 Å². The van der Waals surface area contributed by atoms with E-state index in [-0.39, 0.29) is 18.1 Å². The molecular formula is C17H24BrN4O5S+. The van der Waals surface area contributed by atoms with Gasteiger partial charge in [0.1, 0.15) is 17.1 Å². The number of halogens is 1. The molecule has 0 aromatic heterocycles. The zero-order chi connectivity index (χ0) is 21.2. The Morgan fingerprint density at radius 3 is 2.64 bits per heavy atom. The Morgan fingerprint density at radius 2 is 2.11 bits per heavy atom.